The Morgan fingerprint density at radius 1 is 1.62 bits per heavy atom. The van der Waals surface area contributed by atoms with E-state index in [0.29, 0.717) is 11.6 Å². The molecule has 0 bridgehead atoms. The first-order valence-electron chi connectivity index (χ1n) is 4.19. The van der Waals surface area contributed by atoms with Gasteiger partial charge >= 0.3 is 0 Å². The van der Waals surface area contributed by atoms with E-state index in [2.05, 4.69) is 31.8 Å². The summed E-state index contributed by atoms with van der Waals surface area (Å²) < 4.78 is 0. The summed E-state index contributed by atoms with van der Waals surface area (Å²) in [5.74, 6) is 0. The molecule has 1 aromatic rings. The quantitative estimate of drug-likeness (QED) is 0.814. The summed E-state index contributed by atoms with van der Waals surface area (Å²) in [6, 6.07) is 2.21. The molecule has 3 heteroatoms. The molecule has 13 heavy (non-hydrogen) atoms. The highest BCUT2D eigenvalue weighted by Gasteiger charge is 2.01. The highest BCUT2D eigenvalue weighted by Crippen LogP contribution is 2.20. The predicted molar refractivity (Wildman–Crippen MR) is 60.5 cm³/mol. The first-order chi connectivity index (χ1) is 6.09. The van der Waals surface area contributed by atoms with Crippen LogP contribution in [-0.2, 0) is 6.54 Å². The normalized spacial score (nSPS) is 10.4. The van der Waals surface area contributed by atoms with Crippen molar-refractivity contribution in [3.63, 3.8) is 0 Å². The number of hydrogen-bond donors (Lipinski definition) is 1. The smallest absolute Gasteiger partial charge is 0.0310 e. The van der Waals surface area contributed by atoms with Crippen LogP contribution in [0.5, 0.6) is 0 Å². The molecule has 0 aliphatic carbocycles. The SMILES string of the molecule is C=C(Cl)CNCc1cc(C)sc1C. The fourth-order valence-corrected chi connectivity index (χ4v) is 2.23. The Morgan fingerprint density at radius 2 is 2.31 bits per heavy atom. The molecule has 0 radical (unpaired) electrons. The fourth-order valence-electron chi connectivity index (χ4n) is 1.19. The Balaban J connectivity index is 2.45. The van der Waals surface area contributed by atoms with Crippen LogP contribution in [-0.4, -0.2) is 6.54 Å². The summed E-state index contributed by atoms with van der Waals surface area (Å²) in [6.45, 7) is 9.44. The first-order valence-corrected chi connectivity index (χ1v) is 5.39. The van der Waals surface area contributed by atoms with Crippen molar-refractivity contribution in [1.29, 1.82) is 0 Å². The lowest BCUT2D eigenvalue weighted by Gasteiger charge is -2.01. The highest BCUT2D eigenvalue weighted by atomic mass is 35.5. The molecular formula is C10H14ClNS. The minimum Gasteiger partial charge on any atom is -0.308 e. The maximum absolute atomic E-state index is 5.63. The number of aryl methyl sites for hydroxylation is 2. The molecule has 0 saturated carbocycles. The zero-order chi connectivity index (χ0) is 9.84. The number of rotatable bonds is 4. The molecule has 1 aromatic heterocycles. The molecule has 0 spiro atoms. The van der Waals surface area contributed by atoms with Gasteiger partial charge in [0.1, 0.15) is 0 Å². The van der Waals surface area contributed by atoms with E-state index in [0.717, 1.165) is 6.54 Å². The summed E-state index contributed by atoms with van der Waals surface area (Å²) in [5, 5.41) is 3.89. The summed E-state index contributed by atoms with van der Waals surface area (Å²) in [7, 11) is 0. The van der Waals surface area contributed by atoms with Crippen molar-refractivity contribution in [3.8, 4) is 0 Å². The number of nitrogens with one attached hydrogen (secondary N) is 1. The van der Waals surface area contributed by atoms with Gasteiger partial charge in [-0.15, -0.1) is 11.3 Å². The lowest BCUT2D eigenvalue weighted by atomic mass is 10.2. The summed E-state index contributed by atoms with van der Waals surface area (Å²) in [5.41, 5.74) is 1.36. The van der Waals surface area contributed by atoms with Crippen LogP contribution < -0.4 is 5.32 Å². The Kier molecular flexibility index (Phi) is 3.97. The summed E-state index contributed by atoms with van der Waals surface area (Å²) in [6.07, 6.45) is 0. The molecule has 0 aliphatic rings. The van der Waals surface area contributed by atoms with Gasteiger partial charge < -0.3 is 5.32 Å². The van der Waals surface area contributed by atoms with Crippen LogP contribution in [0, 0.1) is 13.8 Å². The van der Waals surface area contributed by atoms with Crippen molar-refractivity contribution in [3.05, 3.63) is 33.0 Å². The molecule has 72 valence electrons. The van der Waals surface area contributed by atoms with Crippen LogP contribution >= 0.6 is 22.9 Å². The van der Waals surface area contributed by atoms with E-state index < -0.39 is 0 Å². The summed E-state index contributed by atoms with van der Waals surface area (Å²) in [4.78, 5) is 2.74. The molecule has 1 heterocycles. The van der Waals surface area contributed by atoms with Gasteiger partial charge in [-0.05, 0) is 25.5 Å². The van der Waals surface area contributed by atoms with Gasteiger partial charge in [-0.3, -0.25) is 0 Å². The Hall–Kier alpha value is -0.310. The van der Waals surface area contributed by atoms with Gasteiger partial charge in [-0.1, -0.05) is 18.2 Å². The molecule has 0 unspecified atom stereocenters. The zero-order valence-electron chi connectivity index (χ0n) is 7.98. The third-order valence-corrected chi connectivity index (χ3v) is 2.92. The van der Waals surface area contributed by atoms with Crippen LogP contribution in [0.4, 0.5) is 0 Å². The van der Waals surface area contributed by atoms with Gasteiger partial charge in [0.2, 0.25) is 0 Å². The van der Waals surface area contributed by atoms with Gasteiger partial charge in [0, 0.05) is 27.9 Å². The standard InChI is InChI=1S/C10H14ClNS/c1-7(11)5-12-6-10-4-8(2)13-9(10)3/h4,12H,1,5-6H2,2-3H3. The van der Waals surface area contributed by atoms with Crippen LogP contribution in [0.3, 0.4) is 0 Å². The molecular weight excluding hydrogens is 202 g/mol. The van der Waals surface area contributed by atoms with Crippen molar-refractivity contribution < 1.29 is 0 Å². The second-order valence-electron chi connectivity index (χ2n) is 3.06. The third kappa shape index (κ3) is 3.51. The minimum absolute atomic E-state index is 0.657. The van der Waals surface area contributed by atoms with Gasteiger partial charge in [0.25, 0.3) is 0 Å². The average Bonchev–Trinajstić information content (AvgIpc) is 2.29. The molecule has 1 rings (SSSR count). The van der Waals surface area contributed by atoms with Crippen molar-refractivity contribution >= 4 is 22.9 Å². The van der Waals surface area contributed by atoms with Crippen LogP contribution in [0.1, 0.15) is 15.3 Å². The van der Waals surface area contributed by atoms with Crippen molar-refractivity contribution in [1.82, 2.24) is 5.32 Å². The fraction of sp³-hybridized carbons (Fsp3) is 0.400. The van der Waals surface area contributed by atoms with Crippen LogP contribution in [0.15, 0.2) is 17.7 Å². The van der Waals surface area contributed by atoms with E-state index in [-0.39, 0.29) is 0 Å². The zero-order valence-corrected chi connectivity index (χ0v) is 9.56. The Bertz CT molecular complexity index is 304. The van der Waals surface area contributed by atoms with E-state index in [9.17, 15) is 0 Å². The molecule has 0 amide bonds. The van der Waals surface area contributed by atoms with Crippen LogP contribution in [0.25, 0.3) is 0 Å². The van der Waals surface area contributed by atoms with E-state index in [1.54, 1.807) is 0 Å². The number of halogens is 1. The predicted octanol–water partition coefficient (Wildman–Crippen LogP) is 3.21. The van der Waals surface area contributed by atoms with Crippen molar-refractivity contribution in [2.45, 2.75) is 20.4 Å². The average molecular weight is 216 g/mol. The Morgan fingerprint density at radius 3 is 2.77 bits per heavy atom. The lowest BCUT2D eigenvalue weighted by Crippen LogP contribution is -2.14. The molecule has 0 aliphatic heterocycles. The van der Waals surface area contributed by atoms with E-state index in [4.69, 9.17) is 11.6 Å². The second kappa shape index (κ2) is 4.80. The molecule has 1 nitrogen and oxygen atoms in total. The van der Waals surface area contributed by atoms with Crippen molar-refractivity contribution in [2.75, 3.05) is 6.54 Å². The summed E-state index contributed by atoms with van der Waals surface area (Å²) >= 11 is 7.47. The molecule has 1 N–H and O–H groups in total. The van der Waals surface area contributed by atoms with Crippen molar-refractivity contribution in [2.24, 2.45) is 0 Å². The monoisotopic (exact) mass is 215 g/mol. The maximum Gasteiger partial charge on any atom is 0.0310 e. The topological polar surface area (TPSA) is 12.0 Å². The molecule has 0 aromatic carbocycles. The van der Waals surface area contributed by atoms with E-state index >= 15 is 0 Å². The third-order valence-electron chi connectivity index (χ3n) is 1.78. The maximum atomic E-state index is 5.63. The Labute approximate surface area is 88.4 Å². The van der Waals surface area contributed by atoms with E-state index in [1.165, 1.54) is 15.3 Å². The molecule has 0 saturated heterocycles. The second-order valence-corrected chi connectivity index (χ2v) is 5.05. The van der Waals surface area contributed by atoms with Gasteiger partial charge in [0.15, 0.2) is 0 Å². The van der Waals surface area contributed by atoms with E-state index in [1.807, 2.05) is 11.3 Å². The van der Waals surface area contributed by atoms with Gasteiger partial charge in [0.05, 0.1) is 0 Å². The van der Waals surface area contributed by atoms with Gasteiger partial charge in [-0.2, -0.15) is 0 Å². The molecule has 0 atom stereocenters. The number of thiophene rings is 1. The van der Waals surface area contributed by atoms with Crippen LogP contribution in [0.2, 0.25) is 0 Å². The minimum atomic E-state index is 0.657. The largest absolute Gasteiger partial charge is 0.308 e. The highest BCUT2D eigenvalue weighted by molar-refractivity contribution is 7.12. The molecule has 0 fully saturated rings. The lowest BCUT2D eigenvalue weighted by molar-refractivity contribution is 0.754. The number of hydrogen-bond acceptors (Lipinski definition) is 2. The van der Waals surface area contributed by atoms with Gasteiger partial charge in [-0.25, -0.2) is 0 Å². The first kappa shape index (κ1) is 10.8.